The second kappa shape index (κ2) is 6.14. The van der Waals surface area contributed by atoms with Crippen molar-refractivity contribution in [2.75, 3.05) is 6.54 Å². The van der Waals surface area contributed by atoms with E-state index in [1.165, 1.54) is 17.4 Å². The summed E-state index contributed by atoms with van der Waals surface area (Å²) < 4.78 is 13.7. The summed E-state index contributed by atoms with van der Waals surface area (Å²) in [5, 5.41) is 15.0. The summed E-state index contributed by atoms with van der Waals surface area (Å²) in [5.74, 6) is -0.691. The lowest BCUT2D eigenvalue weighted by molar-refractivity contribution is 0.0449. The van der Waals surface area contributed by atoms with E-state index in [2.05, 4.69) is 10.3 Å². The van der Waals surface area contributed by atoms with Gasteiger partial charge >= 0.3 is 0 Å². The van der Waals surface area contributed by atoms with Gasteiger partial charge in [-0.1, -0.05) is 25.0 Å². The maximum atomic E-state index is 13.7. The van der Waals surface area contributed by atoms with Gasteiger partial charge in [-0.3, -0.25) is 4.79 Å². The first kappa shape index (κ1) is 15.1. The molecule has 1 heterocycles. The number of carbonyl (C=O) groups excluding carboxylic acids is 1. The van der Waals surface area contributed by atoms with E-state index in [0.29, 0.717) is 23.4 Å². The van der Waals surface area contributed by atoms with Crippen LogP contribution in [0.25, 0.3) is 10.6 Å². The molecule has 0 bridgehead atoms. The van der Waals surface area contributed by atoms with Crippen molar-refractivity contribution in [1.29, 1.82) is 0 Å². The number of aliphatic hydroxyl groups is 1. The molecule has 0 saturated heterocycles. The van der Waals surface area contributed by atoms with Gasteiger partial charge in [-0.25, -0.2) is 9.37 Å². The maximum Gasteiger partial charge on any atom is 0.270 e. The van der Waals surface area contributed by atoms with E-state index < -0.39 is 5.60 Å². The fraction of sp³-hybridized carbons (Fsp3) is 0.375. The smallest absolute Gasteiger partial charge is 0.270 e. The summed E-state index contributed by atoms with van der Waals surface area (Å²) in [6, 6.07) is 6.35. The third-order valence-corrected chi connectivity index (χ3v) is 4.83. The van der Waals surface area contributed by atoms with Gasteiger partial charge in [-0.15, -0.1) is 11.3 Å². The minimum Gasteiger partial charge on any atom is -0.388 e. The van der Waals surface area contributed by atoms with E-state index in [9.17, 15) is 14.3 Å². The number of nitrogens with zero attached hydrogens (tertiary/aromatic N) is 1. The number of aromatic nitrogens is 1. The molecule has 0 unspecified atom stereocenters. The van der Waals surface area contributed by atoms with E-state index in [0.717, 1.165) is 12.8 Å². The lowest BCUT2D eigenvalue weighted by atomic mass is 10.0. The number of benzene rings is 1. The Bertz CT molecular complexity index is 680. The molecule has 0 radical (unpaired) electrons. The highest BCUT2D eigenvalue weighted by molar-refractivity contribution is 7.13. The van der Waals surface area contributed by atoms with Crippen LogP contribution in [0.15, 0.2) is 29.6 Å². The number of rotatable bonds is 4. The first-order valence-electron chi connectivity index (χ1n) is 7.28. The van der Waals surface area contributed by atoms with E-state index >= 15 is 0 Å². The fourth-order valence-electron chi connectivity index (χ4n) is 2.68. The zero-order valence-corrected chi connectivity index (χ0v) is 12.8. The lowest BCUT2D eigenvalue weighted by Gasteiger charge is -2.21. The Morgan fingerprint density at radius 1 is 1.36 bits per heavy atom. The monoisotopic (exact) mass is 320 g/mol. The topological polar surface area (TPSA) is 62.2 Å². The number of nitrogens with one attached hydrogen (secondary N) is 1. The van der Waals surface area contributed by atoms with Gasteiger partial charge in [0.1, 0.15) is 16.5 Å². The van der Waals surface area contributed by atoms with E-state index in [1.807, 2.05) is 0 Å². The molecule has 1 saturated carbocycles. The number of carbonyl (C=O) groups is 1. The average Bonchev–Trinajstić information content (AvgIpc) is 3.15. The Morgan fingerprint density at radius 3 is 2.82 bits per heavy atom. The van der Waals surface area contributed by atoms with Crippen LogP contribution in [0.5, 0.6) is 0 Å². The highest BCUT2D eigenvalue weighted by Gasteiger charge is 2.31. The molecular formula is C16H17FN2O2S. The molecule has 116 valence electrons. The normalized spacial score (nSPS) is 16.6. The Balaban J connectivity index is 1.68. The Hall–Kier alpha value is -1.79. The van der Waals surface area contributed by atoms with E-state index in [4.69, 9.17) is 0 Å². The zero-order chi connectivity index (χ0) is 15.6. The van der Waals surface area contributed by atoms with E-state index in [1.54, 1.807) is 23.6 Å². The minimum absolute atomic E-state index is 0.235. The predicted molar refractivity (Wildman–Crippen MR) is 83.3 cm³/mol. The summed E-state index contributed by atoms with van der Waals surface area (Å²) in [4.78, 5) is 16.3. The lowest BCUT2D eigenvalue weighted by Crippen LogP contribution is -2.40. The largest absolute Gasteiger partial charge is 0.388 e. The Kier molecular flexibility index (Phi) is 4.22. The SMILES string of the molecule is O=C(NCC1(O)CCCC1)c1csc(-c2ccccc2F)n1. The van der Waals surface area contributed by atoms with Gasteiger partial charge in [0, 0.05) is 17.5 Å². The summed E-state index contributed by atoms with van der Waals surface area (Å²) in [6.07, 6.45) is 3.40. The van der Waals surface area contributed by atoms with Crippen molar-refractivity contribution in [3.63, 3.8) is 0 Å². The second-order valence-corrected chi connectivity index (χ2v) is 6.49. The van der Waals surface area contributed by atoms with Gasteiger partial charge < -0.3 is 10.4 Å². The van der Waals surface area contributed by atoms with E-state index in [-0.39, 0.29) is 24.0 Å². The zero-order valence-electron chi connectivity index (χ0n) is 12.0. The van der Waals surface area contributed by atoms with Gasteiger partial charge in [0.15, 0.2) is 0 Å². The van der Waals surface area contributed by atoms with Gasteiger partial charge in [0.2, 0.25) is 0 Å². The molecule has 6 heteroatoms. The molecule has 2 aromatic rings. The molecular weight excluding hydrogens is 303 g/mol. The molecule has 4 nitrogen and oxygen atoms in total. The molecule has 0 aliphatic heterocycles. The van der Waals surface area contributed by atoms with Crippen molar-refractivity contribution in [1.82, 2.24) is 10.3 Å². The molecule has 1 fully saturated rings. The molecule has 1 aliphatic carbocycles. The second-order valence-electron chi connectivity index (χ2n) is 5.63. The maximum absolute atomic E-state index is 13.7. The number of hydrogen-bond acceptors (Lipinski definition) is 4. The molecule has 1 amide bonds. The quantitative estimate of drug-likeness (QED) is 0.910. The van der Waals surface area contributed by atoms with Crippen LogP contribution in [0.2, 0.25) is 0 Å². The van der Waals surface area contributed by atoms with Crippen molar-refractivity contribution >= 4 is 17.2 Å². The molecule has 2 N–H and O–H groups in total. The van der Waals surface area contributed by atoms with Crippen LogP contribution in [0.1, 0.15) is 36.2 Å². The van der Waals surface area contributed by atoms with Gasteiger partial charge in [0.25, 0.3) is 5.91 Å². The van der Waals surface area contributed by atoms with Crippen molar-refractivity contribution in [3.8, 4) is 10.6 Å². The van der Waals surface area contributed by atoms with Crippen LogP contribution in [0, 0.1) is 5.82 Å². The Labute approximate surface area is 132 Å². The van der Waals surface area contributed by atoms with Crippen LogP contribution in [-0.2, 0) is 0 Å². The minimum atomic E-state index is -0.792. The molecule has 0 atom stereocenters. The number of halogens is 1. The molecule has 1 aliphatic rings. The van der Waals surface area contributed by atoms with Crippen LogP contribution >= 0.6 is 11.3 Å². The first-order chi connectivity index (χ1) is 10.6. The van der Waals surface area contributed by atoms with Crippen molar-refractivity contribution in [2.24, 2.45) is 0 Å². The van der Waals surface area contributed by atoms with Crippen molar-refractivity contribution in [3.05, 3.63) is 41.2 Å². The average molecular weight is 320 g/mol. The molecule has 3 rings (SSSR count). The van der Waals surface area contributed by atoms with Crippen molar-refractivity contribution < 1.29 is 14.3 Å². The van der Waals surface area contributed by atoms with Crippen LogP contribution in [-0.4, -0.2) is 28.1 Å². The summed E-state index contributed by atoms with van der Waals surface area (Å²) in [6.45, 7) is 0.235. The van der Waals surface area contributed by atoms with Gasteiger partial charge in [0.05, 0.1) is 5.60 Å². The number of thiazole rings is 1. The molecule has 1 aromatic carbocycles. The highest BCUT2D eigenvalue weighted by atomic mass is 32.1. The summed E-state index contributed by atoms with van der Waals surface area (Å²) in [5.41, 5.74) is -0.147. The molecule has 22 heavy (non-hydrogen) atoms. The first-order valence-corrected chi connectivity index (χ1v) is 8.16. The molecule has 1 aromatic heterocycles. The van der Waals surface area contributed by atoms with Gasteiger partial charge in [-0.2, -0.15) is 0 Å². The molecule has 0 spiro atoms. The van der Waals surface area contributed by atoms with Crippen molar-refractivity contribution in [2.45, 2.75) is 31.3 Å². The fourth-order valence-corrected chi connectivity index (χ4v) is 3.51. The van der Waals surface area contributed by atoms with Gasteiger partial charge in [-0.05, 0) is 25.0 Å². The number of hydrogen-bond donors (Lipinski definition) is 2. The third-order valence-electron chi connectivity index (χ3n) is 3.95. The highest BCUT2D eigenvalue weighted by Crippen LogP contribution is 2.29. The van der Waals surface area contributed by atoms with Crippen LogP contribution < -0.4 is 5.32 Å². The third kappa shape index (κ3) is 3.18. The van der Waals surface area contributed by atoms with Crippen LogP contribution in [0.3, 0.4) is 0 Å². The standard InChI is InChI=1S/C16H17FN2O2S/c17-12-6-2-1-5-11(12)15-19-13(9-22-15)14(20)18-10-16(21)7-3-4-8-16/h1-2,5-6,9,21H,3-4,7-8,10H2,(H,18,20). The summed E-state index contributed by atoms with van der Waals surface area (Å²) in [7, 11) is 0. The predicted octanol–water partition coefficient (Wildman–Crippen LogP) is 2.98. The Morgan fingerprint density at radius 2 is 2.09 bits per heavy atom. The summed E-state index contributed by atoms with van der Waals surface area (Å²) >= 11 is 1.23. The van der Waals surface area contributed by atoms with Crippen LogP contribution in [0.4, 0.5) is 4.39 Å². The number of amides is 1.